The van der Waals surface area contributed by atoms with Gasteiger partial charge in [-0.15, -0.1) is 0 Å². The van der Waals surface area contributed by atoms with Crippen molar-refractivity contribution >= 4 is 0 Å². The van der Waals surface area contributed by atoms with Gasteiger partial charge >= 0.3 is 0 Å². The van der Waals surface area contributed by atoms with Crippen molar-refractivity contribution in [3.8, 4) is 0 Å². The minimum absolute atomic E-state index is 0.646. The first kappa shape index (κ1) is 12.4. The second-order valence-electron chi connectivity index (χ2n) is 5.73. The van der Waals surface area contributed by atoms with E-state index in [9.17, 15) is 0 Å². The van der Waals surface area contributed by atoms with Gasteiger partial charge in [-0.1, -0.05) is 20.3 Å². The van der Waals surface area contributed by atoms with Gasteiger partial charge in [0.2, 0.25) is 0 Å². The minimum atomic E-state index is 0.646. The van der Waals surface area contributed by atoms with Gasteiger partial charge in [0.15, 0.2) is 0 Å². The summed E-state index contributed by atoms with van der Waals surface area (Å²) in [5.74, 6) is 0.763. The molecule has 0 radical (unpaired) electrons. The summed E-state index contributed by atoms with van der Waals surface area (Å²) in [6, 6.07) is 0.687. The van der Waals surface area contributed by atoms with Crippen molar-refractivity contribution in [3.63, 3.8) is 0 Å². The molecule has 2 nitrogen and oxygen atoms in total. The van der Waals surface area contributed by atoms with Gasteiger partial charge in [0, 0.05) is 19.2 Å². The number of rotatable bonds is 6. The molecule has 94 valence electrons. The van der Waals surface area contributed by atoms with Crippen molar-refractivity contribution < 1.29 is 4.74 Å². The number of hydrogen-bond acceptors (Lipinski definition) is 2. The molecule has 2 rings (SSSR count). The van der Waals surface area contributed by atoms with Crippen LogP contribution in [0.1, 0.15) is 52.4 Å². The maximum Gasteiger partial charge on any atom is 0.0509 e. The molecule has 0 amide bonds. The Labute approximate surface area is 100 Å². The molecular weight excluding hydrogens is 198 g/mol. The summed E-state index contributed by atoms with van der Waals surface area (Å²) in [6.45, 7) is 7.83. The van der Waals surface area contributed by atoms with Crippen molar-refractivity contribution in [3.05, 3.63) is 0 Å². The molecule has 16 heavy (non-hydrogen) atoms. The highest BCUT2D eigenvalue weighted by Gasteiger charge is 2.36. The van der Waals surface area contributed by atoms with E-state index in [2.05, 4.69) is 19.2 Å². The van der Waals surface area contributed by atoms with Crippen molar-refractivity contribution in [2.45, 2.75) is 58.4 Å². The molecule has 0 aromatic heterocycles. The zero-order valence-electron chi connectivity index (χ0n) is 10.9. The fourth-order valence-electron chi connectivity index (χ4n) is 3.19. The Bertz CT molecular complexity index is 201. The van der Waals surface area contributed by atoms with Crippen LogP contribution in [0.15, 0.2) is 0 Å². The van der Waals surface area contributed by atoms with Gasteiger partial charge < -0.3 is 10.1 Å². The average Bonchev–Trinajstić information content (AvgIpc) is 2.76. The summed E-state index contributed by atoms with van der Waals surface area (Å²) < 4.78 is 5.50. The summed E-state index contributed by atoms with van der Waals surface area (Å²) in [7, 11) is 0. The smallest absolute Gasteiger partial charge is 0.0509 e. The maximum atomic E-state index is 5.50. The third kappa shape index (κ3) is 2.60. The zero-order chi connectivity index (χ0) is 11.4. The predicted octanol–water partition coefficient (Wildman–Crippen LogP) is 2.97. The molecule has 2 aliphatic rings. The Kier molecular flexibility index (Phi) is 4.26. The fraction of sp³-hybridized carbons (Fsp3) is 1.00. The summed E-state index contributed by atoms with van der Waals surface area (Å²) in [4.78, 5) is 0. The lowest BCUT2D eigenvalue weighted by atomic mass is 9.67. The van der Waals surface area contributed by atoms with Crippen LogP contribution >= 0.6 is 0 Å². The lowest BCUT2D eigenvalue weighted by molar-refractivity contribution is 0.110. The SMILES string of the molecule is CCC(NCC1(CC)CCC1)C1CCOC1. The Morgan fingerprint density at radius 1 is 1.38 bits per heavy atom. The molecule has 2 heteroatoms. The van der Waals surface area contributed by atoms with Crippen LogP contribution in [-0.4, -0.2) is 25.8 Å². The highest BCUT2D eigenvalue weighted by molar-refractivity contribution is 4.90. The molecular formula is C14H27NO. The van der Waals surface area contributed by atoms with E-state index in [0.717, 1.165) is 19.1 Å². The molecule has 1 saturated heterocycles. The quantitative estimate of drug-likeness (QED) is 0.750. The van der Waals surface area contributed by atoms with Crippen LogP contribution in [0.4, 0.5) is 0 Å². The lowest BCUT2D eigenvalue weighted by Crippen LogP contribution is -2.45. The molecule has 2 fully saturated rings. The van der Waals surface area contributed by atoms with E-state index in [1.54, 1.807) is 0 Å². The van der Waals surface area contributed by atoms with Crippen LogP contribution in [-0.2, 0) is 4.74 Å². The van der Waals surface area contributed by atoms with Crippen molar-refractivity contribution in [2.24, 2.45) is 11.3 Å². The monoisotopic (exact) mass is 225 g/mol. The molecule has 0 spiro atoms. The summed E-state index contributed by atoms with van der Waals surface area (Å²) >= 11 is 0. The zero-order valence-corrected chi connectivity index (χ0v) is 10.9. The molecule has 1 aliphatic carbocycles. The van der Waals surface area contributed by atoms with Crippen LogP contribution in [0, 0.1) is 11.3 Å². The number of ether oxygens (including phenoxy) is 1. The number of nitrogens with one attached hydrogen (secondary N) is 1. The van der Waals surface area contributed by atoms with E-state index in [4.69, 9.17) is 4.74 Å². The second kappa shape index (κ2) is 5.50. The predicted molar refractivity (Wildman–Crippen MR) is 67.6 cm³/mol. The van der Waals surface area contributed by atoms with Gasteiger partial charge in [0.25, 0.3) is 0 Å². The second-order valence-corrected chi connectivity index (χ2v) is 5.73. The molecule has 0 bridgehead atoms. The molecule has 1 saturated carbocycles. The Morgan fingerprint density at radius 2 is 2.19 bits per heavy atom. The molecule has 2 unspecified atom stereocenters. The van der Waals surface area contributed by atoms with Gasteiger partial charge in [-0.25, -0.2) is 0 Å². The first-order valence-corrected chi connectivity index (χ1v) is 7.11. The summed E-state index contributed by atoms with van der Waals surface area (Å²) in [5.41, 5.74) is 0.646. The first-order chi connectivity index (χ1) is 7.79. The van der Waals surface area contributed by atoms with Crippen LogP contribution in [0.25, 0.3) is 0 Å². The molecule has 0 aromatic rings. The standard InChI is InChI=1S/C14H27NO/c1-3-13(12-6-9-16-10-12)15-11-14(4-2)7-5-8-14/h12-13,15H,3-11H2,1-2H3. The highest BCUT2D eigenvalue weighted by atomic mass is 16.5. The van der Waals surface area contributed by atoms with Gasteiger partial charge in [0.1, 0.15) is 0 Å². The fourth-order valence-corrected chi connectivity index (χ4v) is 3.19. The lowest BCUT2D eigenvalue weighted by Gasteiger charge is -2.43. The maximum absolute atomic E-state index is 5.50. The van der Waals surface area contributed by atoms with Crippen LogP contribution in [0.3, 0.4) is 0 Å². The van der Waals surface area contributed by atoms with E-state index >= 15 is 0 Å². The molecule has 1 heterocycles. The molecule has 0 aromatic carbocycles. The third-order valence-electron chi connectivity index (χ3n) is 4.88. The van der Waals surface area contributed by atoms with Crippen molar-refractivity contribution in [1.29, 1.82) is 0 Å². The van der Waals surface area contributed by atoms with Gasteiger partial charge in [-0.05, 0) is 43.4 Å². The van der Waals surface area contributed by atoms with Crippen molar-refractivity contribution in [2.75, 3.05) is 19.8 Å². The van der Waals surface area contributed by atoms with E-state index < -0.39 is 0 Å². The largest absolute Gasteiger partial charge is 0.381 e. The molecule has 1 N–H and O–H groups in total. The van der Waals surface area contributed by atoms with E-state index in [1.807, 2.05) is 0 Å². The third-order valence-corrected chi connectivity index (χ3v) is 4.88. The van der Waals surface area contributed by atoms with E-state index in [0.29, 0.717) is 11.5 Å². The van der Waals surface area contributed by atoms with Gasteiger partial charge in [0.05, 0.1) is 6.61 Å². The van der Waals surface area contributed by atoms with Crippen LogP contribution in [0.5, 0.6) is 0 Å². The minimum Gasteiger partial charge on any atom is -0.381 e. The van der Waals surface area contributed by atoms with Crippen LogP contribution < -0.4 is 5.32 Å². The Balaban J connectivity index is 1.77. The van der Waals surface area contributed by atoms with Gasteiger partial charge in [-0.2, -0.15) is 0 Å². The summed E-state index contributed by atoms with van der Waals surface area (Å²) in [5, 5.41) is 3.83. The van der Waals surface area contributed by atoms with Crippen LogP contribution in [0.2, 0.25) is 0 Å². The highest BCUT2D eigenvalue weighted by Crippen LogP contribution is 2.43. The van der Waals surface area contributed by atoms with Gasteiger partial charge in [-0.3, -0.25) is 0 Å². The Morgan fingerprint density at radius 3 is 2.62 bits per heavy atom. The summed E-state index contributed by atoms with van der Waals surface area (Å²) in [6.07, 6.45) is 8.16. The topological polar surface area (TPSA) is 21.3 Å². The molecule has 2 atom stereocenters. The van der Waals surface area contributed by atoms with E-state index in [1.165, 1.54) is 45.1 Å². The number of hydrogen-bond donors (Lipinski definition) is 1. The Hall–Kier alpha value is -0.0800. The van der Waals surface area contributed by atoms with Crippen molar-refractivity contribution in [1.82, 2.24) is 5.32 Å². The average molecular weight is 225 g/mol. The molecule has 1 aliphatic heterocycles. The first-order valence-electron chi connectivity index (χ1n) is 7.11. The van der Waals surface area contributed by atoms with E-state index in [-0.39, 0.29) is 0 Å². The normalized spacial score (nSPS) is 30.0.